The van der Waals surface area contributed by atoms with Crippen molar-refractivity contribution in [2.45, 2.75) is 178 Å². The van der Waals surface area contributed by atoms with E-state index in [9.17, 15) is 58.2 Å². The molecule has 122 heavy (non-hydrogen) atoms. The van der Waals surface area contributed by atoms with Crippen LogP contribution < -0.4 is 65.1 Å². The number of imidazole rings is 1. The first-order valence-corrected chi connectivity index (χ1v) is 41.6. The molecule has 1 fully saturated rings. The topological polar surface area (TPSA) is 596 Å². The van der Waals surface area contributed by atoms with Crippen LogP contribution in [0.4, 0.5) is 0 Å². The van der Waals surface area contributed by atoms with Gasteiger partial charge in [-0.15, -0.1) is 5.10 Å². The third-order valence-corrected chi connectivity index (χ3v) is 20.8. The van der Waals surface area contributed by atoms with Crippen LogP contribution in [0.5, 0.6) is 0 Å². The van der Waals surface area contributed by atoms with Gasteiger partial charge in [0.15, 0.2) is 5.78 Å². The molecule has 2 aromatic carbocycles. The Hall–Kier alpha value is -11.7. The smallest absolute Gasteiger partial charge is 0.317 e. The maximum absolute atomic E-state index is 15.3. The first-order chi connectivity index (χ1) is 58.6. The van der Waals surface area contributed by atoms with E-state index in [-0.39, 0.29) is 200 Å². The highest BCUT2D eigenvalue weighted by molar-refractivity contribution is 5.99. The summed E-state index contributed by atoms with van der Waals surface area (Å²) in [5.74, 6) is -11.5. The summed E-state index contributed by atoms with van der Waals surface area (Å²) in [6.45, 7) is 5.13. The average molecular weight is 1710 g/mol. The minimum Gasteiger partial charge on any atom is -0.480 e. The van der Waals surface area contributed by atoms with E-state index in [1.165, 1.54) is 24.1 Å². The molecule has 5 heterocycles. The second kappa shape index (κ2) is 52.5. The number of primary amides is 2. The number of unbranched alkanes of at least 4 members (excludes halogenated alkanes) is 3. The van der Waals surface area contributed by atoms with Crippen molar-refractivity contribution in [3.8, 4) is 0 Å². The number of nitrogens with zero attached hydrogens (tertiary/aromatic N) is 8. The first kappa shape index (κ1) is 97.5. The summed E-state index contributed by atoms with van der Waals surface area (Å²) in [4.78, 5) is 209. The zero-order valence-corrected chi connectivity index (χ0v) is 69.5. The maximum atomic E-state index is 15.3. The predicted molar refractivity (Wildman–Crippen MR) is 445 cm³/mol. The Kier molecular flexibility index (Phi) is 41.9. The van der Waals surface area contributed by atoms with Gasteiger partial charge >= 0.3 is 11.9 Å². The molecule has 2 aliphatic rings. The molecule has 668 valence electrons. The van der Waals surface area contributed by atoms with E-state index in [2.05, 4.69) is 73.1 Å². The van der Waals surface area contributed by atoms with Crippen molar-refractivity contribution in [3.05, 3.63) is 102 Å². The lowest BCUT2D eigenvalue weighted by Gasteiger charge is -2.33. The molecule has 0 radical (unpaired) electrons. The highest BCUT2D eigenvalue weighted by Crippen LogP contribution is 2.22. The van der Waals surface area contributed by atoms with Gasteiger partial charge in [0.25, 0.3) is 0 Å². The minimum absolute atomic E-state index is 0.00611. The fourth-order valence-corrected chi connectivity index (χ4v) is 14.3. The van der Waals surface area contributed by atoms with Crippen LogP contribution in [0.25, 0.3) is 10.9 Å². The number of aromatic nitrogens is 6. The molecule has 0 spiro atoms. The number of carboxylic acid groups (broad SMARTS) is 2. The maximum Gasteiger partial charge on any atom is 0.317 e. The molecule has 8 atom stereocenters. The van der Waals surface area contributed by atoms with Crippen molar-refractivity contribution in [2.24, 2.45) is 23.1 Å². The van der Waals surface area contributed by atoms with Gasteiger partial charge in [0.2, 0.25) is 65.0 Å². The third kappa shape index (κ3) is 36.3. The van der Waals surface area contributed by atoms with Gasteiger partial charge in [-0.1, -0.05) is 79.9 Å². The molecule has 1 saturated heterocycles. The summed E-state index contributed by atoms with van der Waals surface area (Å²) >= 11 is 0. The Labute approximate surface area is 707 Å². The number of fused-ring (bicyclic) bond motifs is 3. The number of para-hydroxylation sites is 1. The number of amidine groups is 1. The van der Waals surface area contributed by atoms with Gasteiger partial charge in [0, 0.05) is 153 Å². The molecule has 20 N–H and O–H groups in total. The molecule has 2 bridgehead atoms. The molecule has 41 heteroatoms. The van der Waals surface area contributed by atoms with Gasteiger partial charge in [0.1, 0.15) is 42.9 Å². The fraction of sp³-hybridized carbons (Fsp3) is 0.580. The largest absolute Gasteiger partial charge is 0.480 e. The number of amides is 11. The van der Waals surface area contributed by atoms with Crippen molar-refractivity contribution < 1.29 is 86.8 Å². The molecule has 0 aliphatic carbocycles. The van der Waals surface area contributed by atoms with E-state index in [4.69, 9.17) is 32.1 Å². The van der Waals surface area contributed by atoms with E-state index >= 15 is 19.2 Å². The van der Waals surface area contributed by atoms with Crippen molar-refractivity contribution >= 4 is 99.4 Å². The van der Waals surface area contributed by atoms with E-state index in [0.29, 0.717) is 79.3 Å². The van der Waals surface area contributed by atoms with Gasteiger partial charge in [-0.25, -0.2) is 4.98 Å². The number of carboxylic acids is 2. The standard InChI is InChI=1S/C81H121N23O18/c1-3-4-19-61(91-53(2)105)68(106)42-55-40-58-46-104(99-98-58)27-15-13-23-64(77(116)92-62(75(85)114)21-12-14-25-87-72(109)51-122-38-37-121-36-26-88-71(108)48-101-30-34-102(49-73(110)111)32-28-100(47-70(84)107)29-33-103(35-31-101)50-74(112)113)94-80(119)66(41-56-44-89-60-20-9-8-18-59(56)60)97-78(117)63(22-10-11-24-69(82)83)93-79(118)65(39-54-16-6-5-7-17-54)96-81(120)67(95-76(55)115)43-57-45-86-52-90-57/h5-9,16-18,20,44-46,52,55,61-67,89H,3-4,10-15,19,21-43,47-51H2,1-2H3,(H3,82,83)(H2,84,107)(H2,85,114)(H,86,90)(H,87,109)(H,88,108)(H,91,105)(H,92,116)(H,93,118)(H,94,119)(H,95,115)(H,96,120)(H,97,117)(H,110,111)(H,112,113)/t55?,61-,62?,63+,64?,65+,66-,67-/m0/s1. The van der Waals surface area contributed by atoms with Crippen LogP contribution in [-0.2, 0) is 109 Å². The van der Waals surface area contributed by atoms with E-state index in [0.717, 1.165) is 0 Å². The number of ether oxygens (including phenoxy) is 2. The molecular formula is C81H121N23O18. The molecule has 2 aliphatic heterocycles. The number of hydrogen-bond acceptors (Lipinski definition) is 24. The normalized spacial score (nSPS) is 19.5. The van der Waals surface area contributed by atoms with Crippen molar-refractivity contribution in [2.75, 3.05) is 118 Å². The number of aromatic amines is 2. The van der Waals surface area contributed by atoms with Gasteiger partial charge in [-0.2, -0.15) is 0 Å². The zero-order valence-electron chi connectivity index (χ0n) is 69.5. The van der Waals surface area contributed by atoms with Gasteiger partial charge in [-0.05, 0) is 75.0 Å². The molecule has 5 aromatic rings. The van der Waals surface area contributed by atoms with Crippen molar-refractivity contribution in [3.63, 3.8) is 0 Å². The Morgan fingerprint density at radius 3 is 1.84 bits per heavy atom. The first-order valence-electron chi connectivity index (χ1n) is 41.6. The van der Waals surface area contributed by atoms with E-state index < -0.39 is 131 Å². The molecule has 0 saturated carbocycles. The highest BCUT2D eigenvalue weighted by Gasteiger charge is 2.37. The fourth-order valence-electron chi connectivity index (χ4n) is 14.3. The Morgan fingerprint density at radius 2 is 1.20 bits per heavy atom. The summed E-state index contributed by atoms with van der Waals surface area (Å²) in [6.07, 6.45) is 8.33. The Balaban J connectivity index is 1.03. The minimum atomic E-state index is -1.46. The second-order valence-corrected chi connectivity index (χ2v) is 30.7. The van der Waals surface area contributed by atoms with E-state index in [1.807, 2.05) is 30.0 Å². The van der Waals surface area contributed by atoms with Gasteiger partial charge < -0.3 is 94.7 Å². The number of ketones is 1. The predicted octanol–water partition coefficient (Wildman–Crippen LogP) is -2.59. The molecule has 3 aromatic heterocycles. The summed E-state index contributed by atoms with van der Waals surface area (Å²) in [5.41, 5.74) is 19.8. The lowest BCUT2D eigenvalue weighted by molar-refractivity contribution is -0.139. The third-order valence-electron chi connectivity index (χ3n) is 20.8. The number of benzene rings is 2. The number of Topliss-reactive ketones (excluding diaryl/α,β-unsaturated/α-hetero) is 1. The number of nitrogens with one attached hydrogen (secondary N) is 12. The lowest BCUT2D eigenvalue weighted by Crippen LogP contribution is -2.60. The molecule has 11 amide bonds. The summed E-state index contributed by atoms with van der Waals surface area (Å²) in [5, 5.41) is 61.7. The number of aryl methyl sites for hydroxylation is 1. The summed E-state index contributed by atoms with van der Waals surface area (Å²) in [6, 6.07) is 6.61. The average Bonchev–Trinajstić information content (AvgIpc) is 1.66. The number of carbonyl (C=O) groups excluding carboxylic acids is 12. The van der Waals surface area contributed by atoms with Crippen LogP contribution in [0.3, 0.4) is 0 Å². The monoisotopic (exact) mass is 1700 g/mol. The number of nitrogens with two attached hydrogens (primary N) is 3. The number of hydrogen-bond donors (Lipinski definition) is 17. The summed E-state index contributed by atoms with van der Waals surface area (Å²) in [7, 11) is 0. The van der Waals surface area contributed by atoms with Crippen molar-refractivity contribution in [1.82, 2.24) is 97.4 Å². The van der Waals surface area contributed by atoms with Crippen molar-refractivity contribution in [1.29, 1.82) is 5.41 Å². The molecule has 41 nitrogen and oxygen atoms in total. The lowest BCUT2D eigenvalue weighted by atomic mass is 9.91. The van der Waals surface area contributed by atoms with Crippen LogP contribution in [0.1, 0.15) is 126 Å². The number of rotatable bonds is 42. The Bertz CT molecular complexity index is 4210. The van der Waals surface area contributed by atoms with Gasteiger partial charge in [-0.3, -0.25) is 96.8 Å². The Morgan fingerprint density at radius 1 is 0.607 bits per heavy atom. The number of H-pyrrole nitrogens is 2. The van der Waals surface area contributed by atoms with Crippen LogP contribution >= 0.6 is 0 Å². The molecular weight excluding hydrogens is 1580 g/mol. The van der Waals surface area contributed by atoms with Gasteiger partial charge in [0.05, 0.1) is 75.8 Å². The van der Waals surface area contributed by atoms with Crippen LogP contribution in [0.15, 0.2) is 79.5 Å². The van der Waals surface area contributed by atoms with Crippen LogP contribution in [-0.4, -0.2) is 309 Å². The quantitative estimate of drug-likeness (QED) is 0.0108. The highest BCUT2D eigenvalue weighted by atomic mass is 16.5. The van der Waals surface area contributed by atoms with Crippen LogP contribution in [0.2, 0.25) is 0 Å². The van der Waals surface area contributed by atoms with Crippen LogP contribution in [0, 0.1) is 11.3 Å². The number of aliphatic carboxylic acids is 2. The van der Waals surface area contributed by atoms with E-state index in [1.54, 1.807) is 63.5 Å². The molecule has 7 rings (SSSR count). The zero-order chi connectivity index (χ0) is 88.3. The second-order valence-electron chi connectivity index (χ2n) is 30.7. The summed E-state index contributed by atoms with van der Waals surface area (Å²) < 4.78 is 12.6. The number of carbonyl (C=O) groups is 14. The SMILES string of the molecule is CCCC[C@H](NC(C)=O)C(=O)CC1Cc2cn(nn2)CCCCC(C(=O)NC(CCCCNC(=O)COCCOCCNC(=O)CN2CCN(CC(=O)O)CCN(CC(N)=O)CCN(CC(=O)O)CC2)C(N)=O)NC(=O)[C@H](Cc2c[nH]c3ccccc23)NC(=O)[C@@H](CCCCC(=N)N)NC(=O)[C@@H](Cc2ccccc2)NC(=O)[C@H](Cc2cnc[nH]2)NC1=O. The molecule has 3 unspecified atom stereocenters.